The Balaban J connectivity index is 1.63. The Kier molecular flexibility index (Phi) is 5.08. The second-order valence-corrected chi connectivity index (χ2v) is 6.58. The zero-order valence-corrected chi connectivity index (χ0v) is 14.4. The summed E-state index contributed by atoms with van der Waals surface area (Å²) in [7, 11) is 1.79. The summed E-state index contributed by atoms with van der Waals surface area (Å²) in [4.78, 5) is 25.2. The molecule has 0 atom stereocenters. The highest BCUT2D eigenvalue weighted by atomic mass is 16.2. The molecule has 5 heteroatoms. The largest absolute Gasteiger partial charge is 0.355 e. The van der Waals surface area contributed by atoms with E-state index in [1.165, 1.54) is 12.8 Å². The summed E-state index contributed by atoms with van der Waals surface area (Å²) in [5, 5.41) is 0. The van der Waals surface area contributed by atoms with E-state index in [1.807, 2.05) is 30.3 Å². The monoisotopic (exact) mass is 324 g/mol. The summed E-state index contributed by atoms with van der Waals surface area (Å²) in [6.45, 7) is 4.87. The van der Waals surface area contributed by atoms with Gasteiger partial charge >= 0.3 is 0 Å². The maximum absolute atomic E-state index is 12.5. The summed E-state index contributed by atoms with van der Waals surface area (Å²) in [6, 6.07) is 9.94. The summed E-state index contributed by atoms with van der Waals surface area (Å²) < 4.78 is 0. The first-order valence-electron chi connectivity index (χ1n) is 8.50. The maximum atomic E-state index is 12.5. The van der Waals surface area contributed by atoms with Gasteiger partial charge in [-0.2, -0.15) is 0 Å². The van der Waals surface area contributed by atoms with Crippen LogP contribution >= 0.6 is 0 Å². The Morgan fingerprint density at radius 3 is 2.50 bits per heavy atom. The van der Waals surface area contributed by atoms with Crippen LogP contribution < -0.4 is 4.90 Å². The summed E-state index contributed by atoms with van der Waals surface area (Å²) >= 11 is 0. The van der Waals surface area contributed by atoms with E-state index in [2.05, 4.69) is 21.8 Å². The highest BCUT2D eigenvalue weighted by molar-refractivity contribution is 5.91. The van der Waals surface area contributed by atoms with Gasteiger partial charge in [0.25, 0.3) is 5.91 Å². The molecule has 1 aliphatic rings. The normalized spacial score (nSPS) is 15.3. The molecule has 0 spiro atoms. The average molecular weight is 324 g/mol. The van der Waals surface area contributed by atoms with Gasteiger partial charge < -0.3 is 9.80 Å². The molecule has 1 amide bonds. The van der Waals surface area contributed by atoms with Crippen molar-refractivity contribution in [1.29, 1.82) is 0 Å². The summed E-state index contributed by atoms with van der Waals surface area (Å²) in [5.74, 6) is 1.54. The van der Waals surface area contributed by atoms with E-state index < -0.39 is 0 Å². The van der Waals surface area contributed by atoms with Crippen molar-refractivity contribution in [3.63, 3.8) is 0 Å². The van der Waals surface area contributed by atoms with Crippen LogP contribution in [-0.2, 0) is 6.54 Å². The molecular formula is C19H24N4O. The Morgan fingerprint density at radius 2 is 1.88 bits per heavy atom. The Morgan fingerprint density at radius 1 is 1.17 bits per heavy atom. The number of carbonyl (C=O) groups is 1. The number of nitrogens with zero attached hydrogens (tertiary/aromatic N) is 4. The van der Waals surface area contributed by atoms with Gasteiger partial charge in [0.05, 0.1) is 12.4 Å². The summed E-state index contributed by atoms with van der Waals surface area (Å²) in [6.07, 6.45) is 5.68. The van der Waals surface area contributed by atoms with Crippen LogP contribution in [0, 0.1) is 5.92 Å². The minimum absolute atomic E-state index is 0.106. The van der Waals surface area contributed by atoms with Gasteiger partial charge in [0.1, 0.15) is 11.5 Å². The molecule has 2 aromatic rings. The molecule has 1 saturated heterocycles. The molecule has 2 heterocycles. The lowest BCUT2D eigenvalue weighted by molar-refractivity contribution is 0.0779. The highest BCUT2D eigenvalue weighted by Crippen LogP contribution is 2.20. The first-order chi connectivity index (χ1) is 11.6. The van der Waals surface area contributed by atoms with Crippen molar-refractivity contribution in [1.82, 2.24) is 14.9 Å². The molecule has 0 aliphatic carbocycles. The van der Waals surface area contributed by atoms with Crippen molar-refractivity contribution in [2.75, 3.05) is 25.0 Å². The van der Waals surface area contributed by atoms with Gasteiger partial charge in [-0.3, -0.25) is 4.79 Å². The Labute approximate surface area is 143 Å². The molecule has 1 aromatic heterocycles. The van der Waals surface area contributed by atoms with Crippen LogP contribution in [0.25, 0.3) is 0 Å². The van der Waals surface area contributed by atoms with Gasteiger partial charge in [0, 0.05) is 26.7 Å². The van der Waals surface area contributed by atoms with Crippen LogP contribution in [0.4, 0.5) is 5.82 Å². The third kappa shape index (κ3) is 3.91. The smallest absolute Gasteiger partial charge is 0.274 e. The quantitative estimate of drug-likeness (QED) is 0.867. The molecule has 0 N–H and O–H groups in total. The predicted molar refractivity (Wildman–Crippen MR) is 94.9 cm³/mol. The molecule has 0 unspecified atom stereocenters. The van der Waals surface area contributed by atoms with E-state index in [-0.39, 0.29) is 5.91 Å². The average Bonchev–Trinajstić information content (AvgIpc) is 2.63. The minimum Gasteiger partial charge on any atom is -0.355 e. The maximum Gasteiger partial charge on any atom is 0.274 e. The third-order valence-electron chi connectivity index (χ3n) is 4.57. The molecule has 1 aromatic carbocycles. The van der Waals surface area contributed by atoms with Gasteiger partial charge in [-0.25, -0.2) is 9.97 Å². The number of piperidine rings is 1. The van der Waals surface area contributed by atoms with Gasteiger partial charge in [-0.15, -0.1) is 0 Å². The first-order valence-corrected chi connectivity index (χ1v) is 8.50. The first kappa shape index (κ1) is 16.4. The number of hydrogen-bond donors (Lipinski definition) is 0. The molecule has 3 rings (SSSR count). The third-order valence-corrected chi connectivity index (χ3v) is 4.57. The molecule has 1 fully saturated rings. The van der Waals surface area contributed by atoms with Crippen molar-refractivity contribution in [2.45, 2.75) is 26.3 Å². The van der Waals surface area contributed by atoms with Crippen LogP contribution in [-0.4, -0.2) is 40.9 Å². The molecular weight excluding hydrogens is 300 g/mol. The number of benzene rings is 1. The van der Waals surface area contributed by atoms with Gasteiger partial charge in [-0.05, 0) is 24.3 Å². The molecule has 0 bridgehead atoms. The van der Waals surface area contributed by atoms with E-state index in [0.29, 0.717) is 12.2 Å². The van der Waals surface area contributed by atoms with Crippen LogP contribution in [0.3, 0.4) is 0 Å². The van der Waals surface area contributed by atoms with Gasteiger partial charge in [0.2, 0.25) is 0 Å². The molecule has 1 aliphatic heterocycles. The highest BCUT2D eigenvalue weighted by Gasteiger charge is 2.19. The van der Waals surface area contributed by atoms with E-state index in [0.717, 1.165) is 30.4 Å². The van der Waals surface area contributed by atoms with Crippen LogP contribution in [0.15, 0.2) is 42.7 Å². The van der Waals surface area contributed by atoms with E-state index in [1.54, 1.807) is 24.3 Å². The predicted octanol–water partition coefficient (Wildman–Crippen LogP) is 2.99. The standard InChI is InChI=1S/C19H24N4O/c1-15-8-10-23(11-9-15)18-13-20-17(12-21-18)19(24)22(2)14-16-6-4-3-5-7-16/h3-7,12-13,15H,8-11,14H2,1-2H3. The molecule has 126 valence electrons. The number of carbonyl (C=O) groups excluding carboxylic acids is 1. The number of hydrogen-bond acceptors (Lipinski definition) is 4. The molecule has 5 nitrogen and oxygen atoms in total. The van der Waals surface area contributed by atoms with E-state index >= 15 is 0 Å². The topological polar surface area (TPSA) is 49.3 Å². The zero-order valence-electron chi connectivity index (χ0n) is 14.4. The van der Waals surface area contributed by atoms with Crippen LogP contribution in [0.1, 0.15) is 35.8 Å². The molecule has 0 saturated carbocycles. The van der Waals surface area contributed by atoms with Crippen molar-refractivity contribution >= 4 is 11.7 Å². The Hall–Kier alpha value is -2.43. The van der Waals surface area contributed by atoms with Crippen LogP contribution in [0.5, 0.6) is 0 Å². The van der Waals surface area contributed by atoms with E-state index in [9.17, 15) is 4.79 Å². The van der Waals surface area contributed by atoms with E-state index in [4.69, 9.17) is 0 Å². The van der Waals surface area contributed by atoms with Gasteiger partial charge in [0.15, 0.2) is 0 Å². The fraction of sp³-hybridized carbons (Fsp3) is 0.421. The zero-order chi connectivity index (χ0) is 16.9. The van der Waals surface area contributed by atoms with Crippen molar-refractivity contribution in [2.24, 2.45) is 5.92 Å². The van der Waals surface area contributed by atoms with Crippen LogP contribution in [0.2, 0.25) is 0 Å². The molecule has 0 radical (unpaired) electrons. The second-order valence-electron chi connectivity index (χ2n) is 6.58. The fourth-order valence-electron chi connectivity index (χ4n) is 2.96. The van der Waals surface area contributed by atoms with Crippen molar-refractivity contribution < 1.29 is 4.79 Å². The van der Waals surface area contributed by atoms with Crippen molar-refractivity contribution in [3.05, 3.63) is 54.0 Å². The van der Waals surface area contributed by atoms with Crippen molar-refractivity contribution in [3.8, 4) is 0 Å². The minimum atomic E-state index is -0.106. The number of aromatic nitrogens is 2. The Bertz CT molecular complexity index is 664. The lowest BCUT2D eigenvalue weighted by atomic mass is 9.99. The lowest BCUT2D eigenvalue weighted by Crippen LogP contribution is -2.33. The molecule has 24 heavy (non-hydrogen) atoms. The SMILES string of the molecule is CC1CCN(c2cnc(C(=O)N(C)Cc3ccccc3)cn2)CC1. The lowest BCUT2D eigenvalue weighted by Gasteiger charge is -2.30. The second kappa shape index (κ2) is 7.43. The number of anilines is 1. The summed E-state index contributed by atoms with van der Waals surface area (Å²) in [5.41, 5.74) is 1.49. The number of amides is 1. The number of rotatable bonds is 4. The van der Waals surface area contributed by atoms with Gasteiger partial charge in [-0.1, -0.05) is 37.3 Å². The fourth-order valence-corrected chi connectivity index (χ4v) is 2.96.